The number of nitrogens with zero attached hydrogens (tertiary/aromatic N) is 2. The minimum atomic E-state index is -3.98. The van der Waals surface area contributed by atoms with E-state index in [-0.39, 0.29) is 23.8 Å². The van der Waals surface area contributed by atoms with Gasteiger partial charge in [0.1, 0.15) is 6.04 Å². The summed E-state index contributed by atoms with van der Waals surface area (Å²) in [4.78, 5) is 28.0. The highest BCUT2D eigenvalue weighted by Gasteiger charge is 2.32. The summed E-state index contributed by atoms with van der Waals surface area (Å²) < 4.78 is 27.1. The van der Waals surface area contributed by atoms with E-state index >= 15 is 0 Å². The predicted octanol–water partition coefficient (Wildman–Crippen LogP) is 4.00. The van der Waals surface area contributed by atoms with Crippen LogP contribution in [0.1, 0.15) is 11.1 Å². The predicted molar refractivity (Wildman–Crippen MR) is 141 cm³/mol. The highest BCUT2D eigenvalue weighted by atomic mass is 35.5. The lowest BCUT2D eigenvalue weighted by molar-refractivity contribution is -0.141. The number of carbonyl (C=O) groups excluding carboxylic acids is 2. The Morgan fingerprint density at radius 2 is 1.53 bits per heavy atom. The maximum atomic E-state index is 13.6. The number of sulfonamides is 1. The highest BCUT2D eigenvalue weighted by Crippen LogP contribution is 2.22. The zero-order valence-corrected chi connectivity index (χ0v) is 22.2. The molecule has 2 amide bonds. The fourth-order valence-corrected chi connectivity index (χ4v) is 5.13. The molecule has 0 saturated heterocycles. The number of benzene rings is 3. The summed E-state index contributed by atoms with van der Waals surface area (Å²) in [5.41, 5.74) is 1.49. The van der Waals surface area contributed by atoms with Crippen LogP contribution in [0.25, 0.3) is 0 Å². The molecule has 0 aliphatic carbocycles. The number of amides is 2. The molecule has 0 bridgehead atoms. The molecule has 0 aliphatic heterocycles. The fraction of sp³-hybridized carbons (Fsp3) is 0.231. The van der Waals surface area contributed by atoms with E-state index in [1.807, 2.05) is 30.3 Å². The smallest absolute Gasteiger partial charge is 0.243 e. The molecule has 3 rings (SSSR count). The second-order valence-electron chi connectivity index (χ2n) is 8.15. The largest absolute Gasteiger partial charge is 0.357 e. The zero-order chi connectivity index (χ0) is 26.3. The molecule has 0 radical (unpaired) electrons. The minimum absolute atomic E-state index is 0.00647. The van der Waals surface area contributed by atoms with Crippen LogP contribution in [0, 0.1) is 0 Å². The number of rotatable bonds is 10. The van der Waals surface area contributed by atoms with Crippen molar-refractivity contribution in [3.63, 3.8) is 0 Å². The van der Waals surface area contributed by atoms with E-state index in [0.29, 0.717) is 15.6 Å². The maximum absolute atomic E-state index is 13.6. The van der Waals surface area contributed by atoms with Gasteiger partial charge in [0.15, 0.2) is 0 Å². The first-order valence-corrected chi connectivity index (χ1v) is 13.3. The third kappa shape index (κ3) is 6.85. The van der Waals surface area contributed by atoms with Gasteiger partial charge in [-0.15, -0.1) is 0 Å². The number of carbonyl (C=O) groups is 2. The van der Waals surface area contributed by atoms with E-state index in [1.165, 1.54) is 43.3 Å². The van der Waals surface area contributed by atoms with Gasteiger partial charge in [-0.2, -0.15) is 4.31 Å². The molecule has 0 spiro atoms. The van der Waals surface area contributed by atoms with Crippen molar-refractivity contribution in [2.45, 2.75) is 23.9 Å². The lowest BCUT2D eigenvalue weighted by Crippen LogP contribution is -2.52. The van der Waals surface area contributed by atoms with E-state index in [9.17, 15) is 18.0 Å². The van der Waals surface area contributed by atoms with Crippen molar-refractivity contribution in [2.24, 2.45) is 0 Å². The fourth-order valence-electron chi connectivity index (χ4n) is 3.68. The maximum Gasteiger partial charge on any atom is 0.243 e. The Bertz CT molecular complexity index is 1300. The highest BCUT2D eigenvalue weighted by molar-refractivity contribution is 7.89. The number of nitrogens with one attached hydrogen (secondary N) is 1. The van der Waals surface area contributed by atoms with Crippen LogP contribution in [-0.2, 0) is 32.6 Å². The van der Waals surface area contributed by atoms with Crippen LogP contribution >= 0.6 is 23.2 Å². The first-order chi connectivity index (χ1) is 17.1. The van der Waals surface area contributed by atoms with Gasteiger partial charge in [0.25, 0.3) is 0 Å². The Balaban J connectivity index is 1.95. The molecule has 0 fully saturated rings. The van der Waals surface area contributed by atoms with Crippen molar-refractivity contribution in [3.8, 4) is 0 Å². The molecule has 0 saturated carbocycles. The third-order valence-corrected chi connectivity index (χ3v) is 8.13. The van der Waals surface area contributed by atoms with Gasteiger partial charge in [-0.05, 0) is 41.5 Å². The number of hydrogen-bond donors (Lipinski definition) is 1. The van der Waals surface area contributed by atoms with Crippen molar-refractivity contribution >= 4 is 45.0 Å². The SMILES string of the molecule is CNC(=O)[C@@H](Cc1ccccc1)N(Cc1ccccc1Cl)C(=O)CN(C)S(=O)(=O)c1ccc(Cl)cc1. The molecule has 3 aromatic carbocycles. The Hall–Kier alpha value is -2.91. The summed E-state index contributed by atoms with van der Waals surface area (Å²) in [5, 5.41) is 3.46. The van der Waals surface area contributed by atoms with Gasteiger partial charge >= 0.3 is 0 Å². The van der Waals surface area contributed by atoms with E-state index in [2.05, 4.69) is 5.32 Å². The topological polar surface area (TPSA) is 86.8 Å². The van der Waals surface area contributed by atoms with Gasteiger partial charge in [-0.25, -0.2) is 8.42 Å². The van der Waals surface area contributed by atoms with Gasteiger partial charge in [0.05, 0.1) is 11.4 Å². The average Bonchev–Trinajstić information content (AvgIpc) is 2.87. The summed E-state index contributed by atoms with van der Waals surface area (Å²) in [7, 11) is -1.16. The van der Waals surface area contributed by atoms with Gasteiger partial charge < -0.3 is 10.2 Å². The summed E-state index contributed by atoms with van der Waals surface area (Å²) in [6, 6.07) is 21.1. The molecular weight excluding hydrogens is 521 g/mol. The molecule has 10 heteroatoms. The van der Waals surface area contributed by atoms with E-state index in [0.717, 1.165) is 9.87 Å². The quantitative estimate of drug-likeness (QED) is 0.415. The summed E-state index contributed by atoms with van der Waals surface area (Å²) in [5.74, 6) is -0.915. The van der Waals surface area contributed by atoms with Crippen molar-refractivity contribution in [1.29, 1.82) is 0 Å². The molecule has 1 N–H and O–H groups in total. The Morgan fingerprint density at radius 3 is 2.14 bits per heavy atom. The molecule has 0 unspecified atom stereocenters. The van der Waals surface area contributed by atoms with Crippen LogP contribution in [0.2, 0.25) is 10.0 Å². The number of likely N-dealkylation sites (N-methyl/N-ethyl adjacent to an activating group) is 2. The zero-order valence-electron chi connectivity index (χ0n) is 19.9. The van der Waals surface area contributed by atoms with Crippen LogP contribution in [0.15, 0.2) is 83.8 Å². The summed E-state index contributed by atoms with van der Waals surface area (Å²) in [6.07, 6.45) is 0.240. The van der Waals surface area contributed by atoms with Crippen molar-refractivity contribution in [3.05, 3.63) is 100 Å². The summed E-state index contributed by atoms with van der Waals surface area (Å²) >= 11 is 12.3. The van der Waals surface area contributed by atoms with E-state index < -0.39 is 28.5 Å². The third-order valence-electron chi connectivity index (χ3n) is 5.70. The first kappa shape index (κ1) is 27.7. The van der Waals surface area contributed by atoms with E-state index in [4.69, 9.17) is 23.2 Å². The Labute approximate surface area is 221 Å². The van der Waals surface area contributed by atoms with E-state index in [1.54, 1.807) is 24.3 Å². The monoisotopic (exact) mass is 547 g/mol. The Kier molecular flexibility index (Phi) is 9.50. The molecule has 0 aromatic heterocycles. The van der Waals surface area contributed by atoms with Crippen LogP contribution in [0.5, 0.6) is 0 Å². The second-order valence-corrected chi connectivity index (χ2v) is 11.0. The van der Waals surface area contributed by atoms with Crippen molar-refractivity contribution in [1.82, 2.24) is 14.5 Å². The van der Waals surface area contributed by atoms with Gasteiger partial charge in [0, 0.05) is 37.1 Å². The van der Waals surface area contributed by atoms with Gasteiger partial charge in [-0.1, -0.05) is 71.7 Å². The van der Waals surface area contributed by atoms with Gasteiger partial charge in [0.2, 0.25) is 21.8 Å². The number of hydrogen-bond acceptors (Lipinski definition) is 4. The summed E-state index contributed by atoms with van der Waals surface area (Å²) in [6.45, 7) is -0.448. The lowest BCUT2D eigenvalue weighted by Gasteiger charge is -2.32. The molecule has 0 aliphatic rings. The van der Waals surface area contributed by atoms with Crippen LogP contribution in [0.4, 0.5) is 0 Å². The Morgan fingerprint density at radius 1 is 0.917 bits per heavy atom. The number of halogens is 2. The molecule has 3 aromatic rings. The van der Waals surface area contributed by atoms with Gasteiger partial charge in [-0.3, -0.25) is 9.59 Å². The normalized spacial score (nSPS) is 12.2. The molecular formula is C26H27Cl2N3O4S. The average molecular weight is 548 g/mol. The lowest BCUT2D eigenvalue weighted by atomic mass is 10.0. The van der Waals surface area contributed by atoms with Crippen molar-refractivity contribution < 1.29 is 18.0 Å². The molecule has 190 valence electrons. The first-order valence-electron chi connectivity index (χ1n) is 11.1. The standard InChI is InChI=1S/C26H27Cl2N3O4S/c1-29-26(33)24(16-19-8-4-3-5-9-19)31(17-20-10-6-7-11-23(20)28)25(32)18-30(2)36(34,35)22-14-12-21(27)13-15-22/h3-15,24H,16-18H2,1-2H3,(H,29,33)/t24-/m1/s1. The molecule has 1 atom stereocenters. The van der Waals surface area contributed by atoms with Crippen molar-refractivity contribution in [2.75, 3.05) is 20.6 Å². The second kappa shape index (κ2) is 12.4. The van der Waals surface area contributed by atoms with Crippen LogP contribution < -0.4 is 5.32 Å². The minimum Gasteiger partial charge on any atom is -0.357 e. The van der Waals surface area contributed by atoms with Crippen LogP contribution in [0.3, 0.4) is 0 Å². The molecule has 36 heavy (non-hydrogen) atoms. The molecule has 0 heterocycles. The van der Waals surface area contributed by atoms with Crippen LogP contribution in [-0.4, -0.2) is 56.1 Å². The molecule has 7 nitrogen and oxygen atoms in total.